The maximum atomic E-state index is 12.8. The van der Waals surface area contributed by atoms with Crippen molar-refractivity contribution in [1.82, 2.24) is 9.71 Å². The van der Waals surface area contributed by atoms with Gasteiger partial charge in [0.2, 0.25) is 10.0 Å². The van der Waals surface area contributed by atoms with Gasteiger partial charge in [-0.1, -0.05) is 6.92 Å². The van der Waals surface area contributed by atoms with Crippen molar-refractivity contribution in [2.45, 2.75) is 17.7 Å². The molecule has 2 aromatic rings. The number of nitrogens with one attached hydrogen (secondary N) is 1. The number of sulfonamides is 1. The standard InChI is InChI=1S/C12H13FN2O2S2/c1-9(12-14-6-7-18-12)8-15-19(16,17)11-4-2-10(13)3-5-11/h2-7,9,15H,8H2,1H3. The van der Waals surface area contributed by atoms with E-state index >= 15 is 0 Å². The summed E-state index contributed by atoms with van der Waals surface area (Å²) in [5.74, 6) is -0.467. The first-order valence-electron chi connectivity index (χ1n) is 5.63. The van der Waals surface area contributed by atoms with Crippen LogP contribution in [0, 0.1) is 5.82 Å². The third-order valence-corrected chi connectivity index (χ3v) is 5.02. The van der Waals surface area contributed by atoms with Crippen LogP contribution in [-0.2, 0) is 10.0 Å². The molecule has 0 aliphatic rings. The minimum atomic E-state index is -3.60. The topological polar surface area (TPSA) is 59.1 Å². The van der Waals surface area contributed by atoms with Gasteiger partial charge in [0.25, 0.3) is 0 Å². The fourth-order valence-electron chi connectivity index (χ4n) is 1.50. The van der Waals surface area contributed by atoms with Gasteiger partial charge in [-0.3, -0.25) is 0 Å². The predicted molar refractivity (Wildman–Crippen MR) is 72.1 cm³/mol. The van der Waals surface area contributed by atoms with E-state index < -0.39 is 15.8 Å². The maximum absolute atomic E-state index is 12.8. The van der Waals surface area contributed by atoms with E-state index in [4.69, 9.17) is 0 Å². The van der Waals surface area contributed by atoms with Crippen molar-refractivity contribution in [3.63, 3.8) is 0 Å². The molecule has 7 heteroatoms. The minimum Gasteiger partial charge on any atom is -0.249 e. The number of halogens is 1. The van der Waals surface area contributed by atoms with E-state index in [9.17, 15) is 12.8 Å². The Morgan fingerprint density at radius 3 is 2.63 bits per heavy atom. The molecule has 0 radical (unpaired) electrons. The predicted octanol–water partition coefficient (Wildman–Crippen LogP) is 2.36. The van der Waals surface area contributed by atoms with E-state index in [0.29, 0.717) is 0 Å². The van der Waals surface area contributed by atoms with Gasteiger partial charge in [0.1, 0.15) is 5.82 Å². The zero-order valence-electron chi connectivity index (χ0n) is 10.2. The molecule has 0 bridgehead atoms. The monoisotopic (exact) mass is 300 g/mol. The molecule has 1 atom stereocenters. The van der Waals surface area contributed by atoms with Crippen LogP contribution < -0.4 is 4.72 Å². The molecule has 1 aromatic carbocycles. The average Bonchev–Trinajstić information content (AvgIpc) is 2.90. The van der Waals surface area contributed by atoms with Crippen LogP contribution in [0.1, 0.15) is 17.8 Å². The Hall–Kier alpha value is -1.31. The zero-order valence-corrected chi connectivity index (χ0v) is 11.8. The second kappa shape index (κ2) is 5.77. The molecule has 0 saturated carbocycles. The van der Waals surface area contributed by atoms with Gasteiger partial charge in [0.05, 0.1) is 9.90 Å². The summed E-state index contributed by atoms with van der Waals surface area (Å²) in [5, 5.41) is 2.72. The fourth-order valence-corrected chi connectivity index (χ4v) is 3.33. The molecule has 102 valence electrons. The fraction of sp³-hybridized carbons (Fsp3) is 0.250. The molecule has 0 spiro atoms. The van der Waals surface area contributed by atoms with Gasteiger partial charge in [0.15, 0.2) is 0 Å². The van der Waals surface area contributed by atoms with Crippen LogP contribution in [0.5, 0.6) is 0 Å². The van der Waals surface area contributed by atoms with Crippen molar-refractivity contribution in [3.8, 4) is 0 Å². The second-order valence-corrected chi connectivity index (χ2v) is 6.77. The number of hydrogen-bond acceptors (Lipinski definition) is 4. The largest absolute Gasteiger partial charge is 0.249 e. The number of benzene rings is 1. The number of thiazole rings is 1. The van der Waals surface area contributed by atoms with Crippen molar-refractivity contribution in [3.05, 3.63) is 46.7 Å². The summed E-state index contributed by atoms with van der Waals surface area (Å²) in [7, 11) is -3.60. The van der Waals surface area contributed by atoms with Crippen LogP contribution in [0.3, 0.4) is 0 Å². The lowest BCUT2D eigenvalue weighted by Gasteiger charge is -2.10. The van der Waals surface area contributed by atoms with Crippen molar-refractivity contribution in [1.29, 1.82) is 0 Å². The van der Waals surface area contributed by atoms with Gasteiger partial charge in [-0.05, 0) is 24.3 Å². The molecule has 4 nitrogen and oxygen atoms in total. The van der Waals surface area contributed by atoms with E-state index in [1.165, 1.54) is 23.5 Å². The van der Waals surface area contributed by atoms with E-state index in [2.05, 4.69) is 9.71 Å². The first-order chi connectivity index (χ1) is 8.99. The van der Waals surface area contributed by atoms with Gasteiger partial charge in [-0.2, -0.15) is 0 Å². The molecule has 0 saturated heterocycles. The SMILES string of the molecule is CC(CNS(=O)(=O)c1ccc(F)cc1)c1nccs1. The highest BCUT2D eigenvalue weighted by Crippen LogP contribution is 2.17. The molecule has 2 rings (SSSR count). The summed E-state index contributed by atoms with van der Waals surface area (Å²) in [6, 6.07) is 4.73. The number of aromatic nitrogens is 1. The lowest BCUT2D eigenvalue weighted by Crippen LogP contribution is -2.27. The Morgan fingerprint density at radius 1 is 1.37 bits per heavy atom. The average molecular weight is 300 g/mol. The highest BCUT2D eigenvalue weighted by molar-refractivity contribution is 7.89. The highest BCUT2D eigenvalue weighted by atomic mass is 32.2. The quantitative estimate of drug-likeness (QED) is 0.922. The van der Waals surface area contributed by atoms with Gasteiger partial charge < -0.3 is 0 Å². The molecule has 1 N–H and O–H groups in total. The summed E-state index contributed by atoms with van der Waals surface area (Å²) in [6.45, 7) is 2.15. The molecule has 0 fully saturated rings. The highest BCUT2D eigenvalue weighted by Gasteiger charge is 2.16. The first-order valence-corrected chi connectivity index (χ1v) is 8.00. The molecular weight excluding hydrogens is 287 g/mol. The zero-order chi connectivity index (χ0) is 13.9. The van der Waals surface area contributed by atoms with E-state index in [-0.39, 0.29) is 17.4 Å². The van der Waals surface area contributed by atoms with Crippen LogP contribution in [0.2, 0.25) is 0 Å². The Labute approximate surface area is 115 Å². The van der Waals surface area contributed by atoms with Crippen LogP contribution in [0.25, 0.3) is 0 Å². The molecule has 1 unspecified atom stereocenters. The number of hydrogen-bond donors (Lipinski definition) is 1. The van der Waals surface area contributed by atoms with E-state index in [1.54, 1.807) is 6.20 Å². The summed E-state index contributed by atoms with van der Waals surface area (Å²) < 4.78 is 39.2. The lowest BCUT2D eigenvalue weighted by molar-refractivity contribution is 0.574. The first kappa shape index (κ1) is 14.1. The van der Waals surface area contributed by atoms with Crippen molar-refractivity contribution < 1.29 is 12.8 Å². The van der Waals surface area contributed by atoms with E-state index in [0.717, 1.165) is 17.1 Å². The second-order valence-electron chi connectivity index (χ2n) is 4.08. The van der Waals surface area contributed by atoms with Crippen molar-refractivity contribution in [2.24, 2.45) is 0 Å². The summed E-state index contributed by atoms with van der Waals surface area (Å²) in [6.07, 6.45) is 1.69. The molecule has 1 heterocycles. The molecule has 0 aliphatic heterocycles. The van der Waals surface area contributed by atoms with Crippen molar-refractivity contribution >= 4 is 21.4 Å². The van der Waals surface area contributed by atoms with Crippen LogP contribution in [-0.4, -0.2) is 19.9 Å². The van der Waals surface area contributed by atoms with Gasteiger partial charge in [-0.15, -0.1) is 11.3 Å². The van der Waals surface area contributed by atoms with Crippen LogP contribution >= 0.6 is 11.3 Å². The van der Waals surface area contributed by atoms with E-state index in [1.807, 2.05) is 12.3 Å². The molecule has 0 amide bonds. The maximum Gasteiger partial charge on any atom is 0.240 e. The minimum absolute atomic E-state index is 0.00442. The molecule has 19 heavy (non-hydrogen) atoms. The Morgan fingerprint density at radius 2 is 2.05 bits per heavy atom. The smallest absolute Gasteiger partial charge is 0.240 e. The van der Waals surface area contributed by atoms with Gasteiger partial charge >= 0.3 is 0 Å². The number of rotatable bonds is 5. The molecule has 1 aromatic heterocycles. The summed E-state index contributed by atoms with van der Waals surface area (Å²) in [4.78, 5) is 4.19. The summed E-state index contributed by atoms with van der Waals surface area (Å²) >= 11 is 1.48. The summed E-state index contributed by atoms with van der Waals surface area (Å²) in [5.41, 5.74) is 0. The normalized spacial score (nSPS) is 13.4. The Bertz CT molecular complexity index is 624. The van der Waals surface area contributed by atoms with Crippen molar-refractivity contribution in [2.75, 3.05) is 6.54 Å². The van der Waals surface area contributed by atoms with Gasteiger partial charge in [-0.25, -0.2) is 22.5 Å². The Kier molecular flexibility index (Phi) is 4.28. The molecular formula is C12H13FN2O2S2. The molecule has 0 aliphatic carbocycles. The lowest BCUT2D eigenvalue weighted by atomic mass is 10.2. The van der Waals surface area contributed by atoms with Gasteiger partial charge in [0, 0.05) is 24.0 Å². The number of nitrogens with zero attached hydrogens (tertiary/aromatic N) is 1. The van der Waals surface area contributed by atoms with Crippen LogP contribution in [0.15, 0.2) is 40.7 Å². The Balaban J connectivity index is 2.04. The third-order valence-electron chi connectivity index (χ3n) is 2.58. The third kappa shape index (κ3) is 3.59. The van der Waals surface area contributed by atoms with Crippen LogP contribution in [0.4, 0.5) is 4.39 Å².